The molecule has 1 fully saturated rings. The molecule has 0 saturated carbocycles. The highest BCUT2D eigenvalue weighted by Crippen LogP contribution is 2.46. The smallest absolute Gasteiger partial charge is 0.323 e. The van der Waals surface area contributed by atoms with Crippen molar-refractivity contribution in [2.24, 2.45) is 0 Å². The Kier molecular flexibility index (Phi) is 4.13. The van der Waals surface area contributed by atoms with Crippen LogP contribution < -0.4 is 10.6 Å². The highest BCUT2D eigenvalue weighted by Gasteiger charge is 2.63. The van der Waals surface area contributed by atoms with Gasteiger partial charge in [-0.3, -0.25) is 19.8 Å². The molecule has 2 N–H and O–H groups in total. The molecule has 2 heterocycles. The first kappa shape index (κ1) is 19.3. The lowest BCUT2D eigenvalue weighted by Crippen LogP contribution is -2.51. The molecule has 0 radical (unpaired) electrons. The van der Waals surface area contributed by atoms with E-state index in [1.54, 1.807) is 13.0 Å². The molecule has 4 amide bonds. The van der Waals surface area contributed by atoms with E-state index in [-0.39, 0.29) is 22.7 Å². The number of hydrogen-bond acceptors (Lipinski definition) is 3. The number of imide groups is 1. The first-order chi connectivity index (χ1) is 13.5. The van der Waals surface area contributed by atoms with Gasteiger partial charge in [0.25, 0.3) is 11.8 Å². The van der Waals surface area contributed by atoms with Gasteiger partial charge in [-0.05, 0) is 42.3 Å². The number of nitrogens with one attached hydrogen (secondary N) is 2. The van der Waals surface area contributed by atoms with E-state index in [2.05, 4.69) is 10.6 Å². The topological polar surface area (TPSA) is 78.5 Å². The van der Waals surface area contributed by atoms with Crippen molar-refractivity contribution in [3.63, 3.8) is 0 Å². The Bertz CT molecular complexity index is 1090. The lowest BCUT2D eigenvalue weighted by molar-refractivity contribution is -0.139. The molecule has 0 aliphatic carbocycles. The SMILES string of the molecule is Cc1cc(Cl)cc2c1NC(=O)[C@@]21C(=O)NC(=O)N1Cc1cccc(C(F)(F)F)c1. The molecule has 2 aliphatic heterocycles. The summed E-state index contributed by atoms with van der Waals surface area (Å²) in [5, 5.41) is 4.95. The van der Waals surface area contributed by atoms with Crippen LogP contribution >= 0.6 is 11.6 Å². The normalized spacial score (nSPS) is 20.9. The third kappa shape index (κ3) is 2.76. The van der Waals surface area contributed by atoms with Gasteiger partial charge in [0, 0.05) is 17.1 Å². The fourth-order valence-electron chi connectivity index (χ4n) is 3.76. The number of carbonyl (C=O) groups excluding carboxylic acids is 3. The first-order valence-electron chi connectivity index (χ1n) is 8.46. The van der Waals surface area contributed by atoms with E-state index in [4.69, 9.17) is 11.6 Å². The Labute approximate surface area is 167 Å². The van der Waals surface area contributed by atoms with Gasteiger partial charge in [0.1, 0.15) is 0 Å². The van der Waals surface area contributed by atoms with Crippen LogP contribution in [0.15, 0.2) is 36.4 Å². The van der Waals surface area contributed by atoms with E-state index in [0.29, 0.717) is 11.3 Å². The van der Waals surface area contributed by atoms with Crippen molar-refractivity contribution in [2.45, 2.75) is 25.2 Å². The Hall–Kier alpha value is -3.07. The van der Waals surface area contributed by atoms with Crippen LogP contribution in [0.3, 0.4) is 0 Å². The molecule has 0 bridgehead atoms. The number of nitrogens with zero attached hydrogens (tertiary/aromatic N) is 1. The van der Waals surface area contributed by atoms with Gasteiger partial charge < -0.3 is 5.32 Å². The third-order valence-electron chi connectivity index (χ3n) is 5.05. The molecule has 2 aromatic rings. The van der Waals surface area contributed by atoms with Gasteiger partial charge in [0.05, 0.1) is 11.3 Å². The zero-order valence-electron chi connectivity index (χ0n) is 14.9. The maximum absolute atomic E-state index is 13.0. The van der Waals surface area contributed by atoms with Crippen molar-refractivity contribution in [2.75, 3.05) is 5.32 Å². The van der Waals surface area contributed by atoms with Crippen molar-refractivity contribution in [3.05, 3.63) is 63.7 Å². The summed E-state index contributed by atoms with van der Waals surface area (Å²) < 4.78 is 39.1. The number of urea groups is 1. The minimum absolute atomic E-state index is 0.115. The maximum Gasteiger partial charge on any atom is 0.416 e. The van der Waals surface area contributed by atoms with E-state index in [1.165, 1.54) is 18.2 Å². The maximum atomic E-state index is 13.0. The molecule has 2 aromatic carbocycles. The van der Waals surface area contributed by atoms with Crippen molar-refractivity contribution in [1.29, 1.82) is 0 Å². The Morgan fingerprint density at radius 2 is 1.76 bits per heavy atom. The van der Waals surface area contributed by atoms with E-state index in [0.717, 1.165) is 17.0 Å². The summed E-state index contributed by atoms with van der Waals surface area (Å²) >= 11 is 6.10. The number of carbonyl (C=O) groups is 3. The van der Waals surface area contributed by atoms with Crippen LogP contribution in [0.2, 0.25) is 5.02 Å². The zero-order chi connectivity index (χ0) is 21.1. The van der Waals surface area contributed by atoms with Gasteiger partial charge in [-0.25, -0.2) is 4.79 Å². The molecule has 1 atom stereocenters. The van der Waals surface area contributed by atoms with Gasteiger partial charge in [-0.1, -0.05) is 23.7 Å². The van der Waals surface area contributed by atoms with Crippen LogP contribution in [0.1, 0.15) is 22.3 Å². The number of anilines is 1. The number of amides is 4. The van der Waals surface area contributed by atoms with Crippen LogP contribution in [-0.2, 0) is 27.8 Å². The van der Waals surface area contributed by atoms with Gasteiger partial charge >= 0.3 is 12.2 Å². The highest BCUT2D eigenvalue weighted by atomic mass is 35.5. The van der Waals surface area contributed by atoms with E-state index in [9.17, 15) is 27.6 Å². The predicted octanol–water partition coefficient (Wildman–Crippen LogP) is 3.57. The van der Waals surface area contributed by atoms with Crippen LogP contribution in [-0.4, -0.2) is 22.7 Å². The van der Waals surface area contributed by atoms with Crippen LogP contribution in [0.25, 0.3) is 0 Å². The summed E-state index contributed by atoms with van der Waals surface area (Å²) in [7, 11) is 0. The van der Waals surface area contributed by atoms with E-state index < -0.39 is 35.1 Å². The zero-order valence-corrected chi connectivity index (χ0v) is 15.6. The molecule has 6 nitrogen and oxygen atoms in total. The molecule has 1 saturated heterocycles. The molecule has 2 aliphatic rings. The lowest BCUT2D eigenvalue weighted by Gasteiger charge is -2.30. The van der Waals surface area contributed by atoms with E-state index >= 15 is 0 Å². The molecule has 0 aromatic heterocycles. The van der Waals surface area contributed by atoms with Gasteiger partial charge in [-0.15, -0.1) is 0 Å². The van der Waals surface area contributed by atoms with Crippen molar-refractivity contribution in [1.82, 2.24) is 10.2 Å². The first-order valence-corrected chi connectivity index (χ1v) is 8.84. The van der Waals surface area contributed by atoms with Gasteiger partial charge in [0.15, 0.2) is 0 Å². The molecular weight excluding hydrogens is 411 g/mol. The molecule has 150 valence electrons. The average Bonchev–Trinajstić information content (AvgIpc) is 3.05. The number of aryl methyl sites for hydroxylation is 1. The summed E-state index contributed by atoms with van der Waals surface area (Å²) in [6, 6.07) is 6.47. The summed E-state index contributed by atoms with van der Waals surface area (Å²) in [4.78, 5) is 39.1. The second kappa shape index (κ2) is 6.21. The minimum atomic E-state index is -4.57. The largest absolute Gasteiger partial charge is 0.416 e. The summed E-state index contributed by atoms with van der Waals surface area (Å²) in [5.74, 6) is -1.65. The number of fused-ring (bicyclic) bond motifs is 2. The second-order valence-electron chi connectivity index (χ2n) is 6.85. The Morgan fingerprint density at radius 1 is 1.07 bits per heavy atom. The monoisotopic (exact) mass is 423 g/mol. The van der Waals surface area contributed by atoms with Crippen molar-refractivity contribution >= 4 is 35.1 Å². The fraction of sp³-hybridized carbons (Fsp3) is 0.211. The molecule has 1 spiro atoms. The molecule has 29 heavy (non-hydrogen) atoms. The van der Waals surface area contributed by atoms with Gasteiger partial charge in [-0.2, -0.15) is 13.2 Å². The molecule has 10 heteroatoms. The molecular formula is C19H13ClF3N3O3. The number of hydrogen-bond donors (Lipinski definition) is 2. The number of benzene rings is 2. The highest BCUT2D eigenvalue weighted by molar-refractivity contribution is 6.32. The molecule has 4 rings (SSSR count). The van der Waals surface area contributed by atoms with Crippen LogP contribution in [0.4, 0.5) is 23.7 Å². The number of alkyl halides is 3. The fourth-order valence-corrected chi connectivity index (χ4v) is 4.04. The summed E-state index contributed by atoms with van der Waals surface area (Å²) in [6.45, 7) is 1.29. The predicted molar refractivity (Wildman–Crippen MR) is 97.0 cm³/mol. The van der Waals surface area contributed by atoms with Crippen molar-refractivity contribution in [3.8, 4) is 0 Å². The minimum Gasteiger partial charge on any atom is -0.323 e. The third-order valence-corrected chi connectivity index (χ3v) is 5.27. The second-order valence-corrected chi connectivity index (χ2v) is 7.29. The average molecular weight is 424 g/mol. The number of halogens is 4. The quantitative estimate of drug-likeness (QED) is 0.572. The number of rotatable bonds is 2. The van der Waals surface area contributed by atoms with Crippen LogP contribution in [0, 0.1) is 6.92 Å². The Balaban J connectivity index is 1.84. The lowest BCUT2D eigenvalue weighted by atomic mass is 9.88. The molecule has 0 unspecified atom stereocenters. The summed E-state index contributed by atoms with van der Waals surface area (Å²) in [6.07, 6.45) is -4.57. The van der Waals surface area contributed by atoms with Gasteiger partial charge in [0.2, 0.25) is 5.54 Å². The Morgan fingerprint density at radius 3 is 2.45 bits per heavy atom. The van der Waals surface area contributed by atoms with Crippen LogP contribution in [0.5, 0.6) is 0 Å². The van der Waals surface area contributed by atoms with E-state index in [1.807, 2.05) is 0 Å². The summed E-state index contributed by atoms with van der Waals surface area (Å²) in [5.41, 5.74) is -1.71. The van der Waals surface area contributed by atoms with Crippen molar-refractivity contribution < 1.29 is 27.6 Å². The standard InChI is InChI=1S/C19H13ClF3N3O3/c1-9-5-12(20)7-13-14(9)24-15(27)18(13)16(28)25-17(29)26(18)8-10-3-2-4-11(6-10)19(21,22)23/h2-7H,8H2,1H3,(H,24,27)(H,25,28,29)/t18-/m1/s1.